The van der Waals surface area contributed by atoms with Gasteiger partial charge in [0.1, 0.15) is 5.76 Å². The van der Waals surface area contributed by atoms with Crippen LogP contribution in [0.15, 0.2) is 58.3 Å². The summed E-state index contributed by atoms with van der Waals surface area (Å²) in [4.78, 5) is 12.0. The second kappa shape index (κ2) is 10.9. The van der Waals surface area contributed by atoms with Crippen molar-refractivity contribution in [1.82, 2.24) is 0 Å². The molecule has 2 N–H and O–H groups in total. The van der Waals surface area contributed by atoms with Gasteiger partial charge in [-0.1, -0.05) is 58.6 Å². The molecular weight excluding hydrogens is 304 g/mol. The highest BCUT2D eigenvalue weighted by Crippen LogP contribution is 2.33. The molecule has 1 aromatic heterocycles. The Balaban J connectivity index is 0.00000123. The first kappa shape index (κ1) is 21.2. The molecule has 130 valence electrons. The second-order valence-corrected chi connectivity index (χ2v) is 4.12. The number of hydrogen-bond acceptors (Lipinski definition) is 4. The zero-order chi connectivity index (χ0) is 18.7. The number of aromatic hydroxyl groups is 2. The van der Waals surface area contributed by atoms with Gasteiger partial charge in [-0.25, -0.2) is 0 Å². The zero-order valence-corrected chi connectivity index (χ0v) is 15.0. The van der Waals surface area contributed by atoms with Gasteiger partial charge < -0.3 is 14.6 Å². The topological polar surface area (TPSA) is 70.7 Å². The summed E-state index contributed by atoms with van der Waals surface area (Å²) >= 11 is 0. The summed E-state index contributed by atoms with van der Waals surface area (Å²) in [5, 5.41) is 19.5. The summed E-state index contributed by atoms with van der Waals surface area (Å²) in [7, 11) is 0. The SMILES string of the molecule is C=C/C=C\C(=C/C)c1cc(=O)c2ccc(O)c(O)c2o1.CC.CC. The van der Waals surface area contributed by atoms with Crippen LogP contribution in [0.2, 0.25) is 0 Å². The quantitative estimate of drug-likeness (QED) is 0.583. The molecule has 0 radical (unpaired) electrons. The Morgan fingerprint density at radius 2 is 1.79 bits per heavy atom. The van der Waals surface area contributed by atoms with Gasteiger partial charge in [-0.3, -0.25) is 4.79 Å². The van der Waals surface area contributed by atoms with Crippen molar-refractivity contribution >= 4 is 16.5 Å². The summed E-state index contributed by atoms with van der Waals surface area (Å²) in [6.07, 6.45) is 6.81. The van der Waals surface area contributed by atoms with E-state index in [4.69, 9.17) is 4.42 Å². The number of phenolic OH excluding ortho intramolecular Hbond substituents is 2. The van der Waals surface area contributed by atoms with Gasteiger partial charge >= 0.3 is 0 Å². The molecule has 0 saturated carbocycles. The van der Waals surface area contributed by atoms with Crippen LogP contribution in [-0.4, -0.2) is 10.2 Å². The van der Waals surface area contributed by atoms with E-state index in [9.17, 15) is 15.0 Å². The number of benzene rings is 1. The van der Waals surface area contributed by atoms with Gasteiger partial charge in [-0.15, -0.1) is 0 Å². The highest BCUT2D eigenvalue weighted by molar-refractivity contribution is 5.86. The molecule has 0 unspecified atom stereocenters. The average Bonchev–Trinajstić information content (AvgIpc) is 2.62. The molecule has 0 saturated heterocycles. The first-order chi connectivity index (χ1) is 11.6. The lowest BCUT2D eigenvalue weighted by atomic mass is 10.1. The van der Waals surface area contributed by atoms with Crippen molar-refractivity contribution in [2.45, 2.75) is 34.6 Å². The van der Waals surface area contributed by atoms with Crippen molar-refractivity contribution in [2.75, 3.05) is 0 Å². The lowest BCUT2D eigenvalue weighted by molar-refractivity contribution is 0.399. The van der Waals surface area contributed by atoms with Gasteiger partial charge in [0.15, 0.2) is 16.8 Å². The van der Waals surface area contributed by atoms with E-state index < -0.39 is 5.75 Å². The van der Waals surface area contributed by atoms with Crippen molar-refractivity contribution in [3.8, 4) is 11.5 Å². The third kappa shape index (κ3) is 4.88. The Morgan fingerprint density at radius 3 is 2.33 bits per heavy atom. The minimum absolute atomic E-state index is 0.0288. The van der Waals surface area contributed by atoms with Crippen LogP contribution in [0.4, 0.5) is 0 Å². The Hall–Kier alpha value is -2.75. The molecule has 0 bridgehead atoms. The fraction of sp³-hybridized carbons (Fsp3) is 0.250. The smallest absolute Gasteiger partial charge is 0.201 e. The second-order valence-electron chi connectivity index (χ2n) is 4.12. The predicted molar refractivity (Wildman–Crippen MR) is 101 cm³/mol. The normalized spacial score (nSPS) is 10.6. The first-order valence-corrected chi connectivity index (χ1v) is 8.03. The molecule has 0 aliphatic rings. The van der Waals surface area contributed by atoms with Crippen molar-refractivity contribution in [1.29, 1.82) is 0 Å². The first-order valence-electron chi connectivity index (χ1n) is 8.03. The molecule has 0 aliphatic carbocycles. The Labute approximate surface area is 143 Å². The molecule has 0 fully saturated rings. The molecule has 2 aromatic rings. The van der Waals surface area contributed by atoms with E-state index in [0.717, 1.165) is 0 Å². The van der Waals surface area contributed by atoms with Crippen LogP contribution >= 0.6 is 0 Å². The van der Waals surface area contributed by atoms with Gasteiger partial charge in [-0.05, 0) is 19.1 Å². The van der Waals surface area contributed by atoms with E-state index in [1.165, 1.54) is 18.2 Å². The van der Waals surface area contributed by atoms with Crippen LogP contribution in [0.3, 0.4) is 0 Å². The van der Waals surface area contributed by atoms with Crippen LogP contribution < -0.4 is 5.43 Å². The number of allylic oxidation sites excluding steroid dienone is 5. The molecule has 1 heterocycles. The number of phenols is 2. The Bertz CT molecular complexity index is 780. The van der Waals surface area contributed by atoms with Gasteiger partial charge in [0, 0.05) is 11.6 Å². The molecule has 0 spiro atoms. The molecular formula is C20H26O4. The summed E-state index contributed by atoms with van der Waals surface area (Å²) in [5.41, 5.74) is 0.355. The minimum Gasteiger partial charge on any atom is -0.504 e. The van der Waals surface area contributed by atoms with E-state index in [2.05, 4.69) is 6.58 Å². The van der Waals surface area contributed by atoms with Crippen LogP contribution in [0.1, 0.15) is 40.4 Å². The van der Waals surface area contributed by atoms with Crippen molar-refractivity contribution in [3.05, 3.63) is 65.1 Å². The summed E-state index contributed by atoms with van der Waals surface area (Å²) in [6.45, 7) is 13.4. The van der Waals surface area contributed by atoms with E-state index in [1.807, 2.05) is 27.7 Å². The van der Waals surface area contributed by atoms with Gasteiger partial charge in [0.05, 0.1) is 5.39 Å². The summed E-state index contributed by atoms with van der Waals surface area (Å²) in [5.74, 6) is -0.463. The van der Waals surface area contributed by atoms with Crippen LogP contribution in [0.5, 0.6) is 11.5 Å². The lowest BCUT2D eigenvalue weighted by Crippen LogP contribution is -2.01. The fourth-order valence-corrected chi connectivity index (χ4v) is 1.83. The maximum Gasteiger partial charge on any atom is 0.201 e. The molecule has 0 atom stereocenters. The maximum absolute atomic E-state index is 12.0. The van der Waals surface area contributed by atoms with Gasteiger partial charge in [-0.2, -0.15) is 0 Å². The fourth-order valence-electron chi connectivity index (χ4n) is 1.83. The highest BCUT2D eigenvalue weighted by Gasteiger charge is 2.13. The van der Waals surface area contributed by atoms with Crippen LogP contribution in [0.25, 0.3) is 16.5 Å². The average molecular weight is 330 g/mol. The van der Waals surface area contributed by atoms with Crippen molar-refractivity contribution < 1.29 is 14.6 Å². The van der Waals surface area contributed by atoms with Gasteiger partial charge in [0.2, 0.25) is 5.75 Å². The molecule has 24 heavy (non-hydrogen) atoms. The molecule has 2 rings (SSSR count). The largest absolute Gasteiger partial charge is 0.504 e. The van der Waals surface area contributed by atoms with E-state index in [-0.39, 0.29) is 22.1 Å². The van der Waals surface area contributed by atoms with Crippen LogP contribution in [0, 0.1) is 0 Å². The maximum atomic E-state index is 12.0. The van der Waals surface area contributed by atoms with Gasteiger partial charge in [0.25, 0.3) is 0 Å². The molecule has 0 aliphatic heterocycles. The van der Waals surface area contributed by atoms with E-state index >= 15 is 0 Å². The summed E-state index contributed by atoms with van der Waals surface area (Å²) < 4.78 is 5.54. The van der Waals surface area contributed by atoms with Crippen molar-refractivity contribution in [3.63, 3.8) is 0 Å². The molecule has 1 aromatic carbocycles. The number of rotatable bonds is 3. The van der Waals surface area contributed by atoms with E-state index in [0.29, 0.717) is 11.3 Å². The number of hydrogen-bond donors (Lipinski definition) is 2. The monoisotopic (exact) mass is 330 g/mol. The third-order valence-corrected chi connectivity index (χ3v) is 2.86. The standard InChI is InChI=1S/C16H14O4.2C2H6/c1-3-5-6-10(4-2)14-9-13(18)11-7-8-12(17)15(19)16(11)20-14;2*1-2/h3-9,17,19H,1H2,2H3;2*1-2H3/b6-5-,10-4+;;. The van der Waals surface area contributed by atoms with Crippen molar-refractivity contribution in [2.24, 2.45) is 0 Å². The Morgan fingerprint density at radius 1 is 1.17 bits per heavy atom. The highest BCUT2D eigenvalue weighted by atomic mass is 16.4. The zero-order valence-electron chi connectivity index (χ0n) is 15.0. The predicted octanol–water partition coefficient (Wildman–Crippen LogP) is 5.40. The van der Waals surface area contributed by atoms with E-state index in [1.54, 1.807) is 31.2 Å². The van der Waals surface area contributed by atoms with Crippen LogP contribution in [-0.2, 0) is 0 Å². The lowest BCUT2D eigenvalue weighted by Gasteiger charge is -2.06. The molecule has 0 amide bonds. The minimum atomic E-state index is -0.440. The third-order valence-electron chi connectivity index (χ3n) is 2.86. The molecule has 4 nitrogen and oxygen atoms in total. The molecule has 4 heteroatoms. The Kier molecular flexibility index (Phi) is 9.64. The summed E-state index contributed by atoms with van der Waals surface area (Å²) in [6, 6.07) is 4.01. The number of fused-ring (bicyclic) bond motifs is 1.